The molecule has 2 heterocycles. The van der Waals surface area contributed by atoms with Gasteiger partial charge in [-0.3, -0.25) is 0 Å². The van der Waals surface area contributed by atoms with Crippen molar-refractivity contribution in [3.63, 3.8) is 0 Å². The Balaban J connectivity index is 1.25. The molecule has 234 valence electrons. The number of para-hydroxylation sites is 2. The van der Waals surface area contributed by atoms with Gasteiger partial charge in [0, 0.05) is 22.3 Å². The molecule has 10 rings (SSSR count). The predicted octanol–water partition coefficient (Wildman–Crippen LogP) is 12.2. The molecule has 0 saturated carbocycles. The molecule has 2 aliphatic rings. The van der Waals surface area contributed by atoms with Crippen molar-refractivity contribution in [1.29, 1.82) is 0 Å². The minimum Gasteiger partial charge on any atom is -0.457 e. The summed E-state index contributed by atoms with van der Waals surface area (Å²) in [6.45, 7) is 0. The molecule has 1 aliphatic heterocycles. The smallest absolute Gasteiger partial charge is 0.132 e. The highest BCUT2D eigenvalue weighted by atomic mass is 16.5. The van der Waals surface area contributed by atoms with E-state index in [-0.39, 0.29) is 0 Å². The molecule has 2 nitrogen and oxygen atoms in total. The second kappa shape index (κ2) is 11.3. The number of hydrogen-bond acceptors (Lipinski definition) is 2. The van der Waals surface area contributed by atoms with Gasteiger partial charge in [0.2, 0.25) is 0 Å². The average molecular weight is 638 g/mol. The van der Waals surface area contributed by atoms with E-state index in [0.29, 0.717) is 0 Å². The molecule has 50 heavy (non-hydrogen) atoms. The lowest BCUT2D eigenvalue weighted by molar-refractivity contribution is 0.436. The monoisotopic (exact) mass is 637 g/mol. The number of aromatic nitrogens is 1. The lowest BCUT2D eigenvalue weighted by atomic mass is 9.66. The predicted molar refractivity (Wildman–Crippen MR) is 203 cm³/mol. The number of rotatable bonds is 4. The van der Waals surface area contributed by atoms with Gasteiger partial charge in [-0.25, -0.2) is 4.98 Å². The standard InChI is InChI=1S/C48H31NO/c1-3-15-32(16-4-1)34-19-13-20-35(29-34)44-31-36(30-43(49-44)33-17-5-2-6-18-33)37-22-14-26-42-47(37)38-21-7-8-23-39(38)48(42)40-24-9-11-27-45(40)50-46-28-12-10-25-41(46)48/h1-31H. The molecule has 0 amide bonds. The minimum absolute atomic E-state index is 0.518. The van der Waals surface area contributed by atoms with Gasteiger partial charge < -0.3 is 4.74 Å². The molecule has 2 heteroatoms. The van der Waals surface area contributed by atoms with Crippen LogP contribution in [0.25, 0.3) is 55.9 Å². The molecule has 0 radical (unpaired) electrons. The van der Waals surface area contributed by atoms with Crippen molar-refractivity contribution >= 4 is 0 Å². The van der Waals surface area contributed by atoms with Crippen LogP contribution in [0.2, 0.25) is 0 Å². The SMILES string of the molecule is c1ccc(-c2cccc(-c3cc(-c4cccc5c4-c4ccccc4C54c5ccccc5Oc5ccccc54)cc(-c4ccccc4)n3)c2)cc1. The second-order valence-corrected chi connectivity index (χ2v) is 13.1. The number of pyridine rings is 1. The summed E-state index contributed by atoms with van der Waals surface area (Å²) < 4.78 is 6.57. The van der Waals surface area contributed by atoms with Crippen molar-refractivity contribution in [1.82, 2.24) is 4.98 Å². The van der Waals surface area contributed by atoms with Gasteiger partial charge in [0.05, 0.1) is 16.8 Å². The third kappa shape index (κ3) is 4.25. The van der Waals surface area contributed by atoms with Gasteiger partial charge in [0.25, 0.3) is 0 Å². The molecule has 8 aromatic rings. The lowest BCUT2D eigenvalue weighted by Crippen LogP contribution is -2.32. The summed E-state index contributed by atoms with van der Waals surface area (Å²) in [6.07, 6.45) is 0. The molecule has 0 fully saturated rings. The maximum atomic E-state index is 6.57. The number of fused-ring (bicyclic) bond motifs is 9. The number of hydrogen-bond donors (Lipinski definition) is 0. The summed E-state index contributed by atoms with van der Waals surface area (Å²) in [5.74, 6) is 1.80. The van der Waals surface area contributed by atoms with E-state index in [2.05, 4.69) is 188 Å². The maximum Gasteiger partial charge on any atom is 0.132 e. The summed E-state index contributed by atoms with van der Waals surface area (Å²) in [4.78, 5) is 5.30. The van der Waals surface area contributed by atoms with Crippen LogP contribution in [0.3, 0.4) is 0 Å². The highest BCUT2D eigenvalue weighted by Crippen LogP contribution is 2.63. The van der Waals surface area contributed by atoms with Gasteiger partial charge in [0.1, 0.15) is 11.5 Å². The molecule has 1 aromatic heterocycles. The summed E-state index contributed by atoms with van der Waals surface area (Å²) in [5, 5.41) is 0. The fourth-order valence-corrected chi connectivity index (χ4v) is 8.22. The third-order valence-corrected chi connectivity index (χ3v) is 10.3. The maximum absolute atomic E-state index is 6.57. The molecular weight excluding hydrogens is 607 g/mol. The Morgan fingerprint density at radius 1 is 0.340 bits per heavy atom. The van der Waals surface area contributed by atoms with Crippen LogP contribution >= 0.6 is 0 Å². The Kier molecular flexibility index (Phi) is 6.43. The van der Waals surface area contributed by atoms with Crippen LogP contribution in [0, 0.1) is 0 Å². The second-order valence-electron chi connectivity index (χ2n) is 13.1. The fraction of sp³-hybridized carbons (Fsp3) is 0.0208. The third-order valence-electron chi connectivity index (χ3n) is 10.3. The summed E-state index contributed by atoms with van der Waals surface area (Å²) in [6, 6.07) is 67.1. The lowest BCUT2D eigenvalue weighted by Gasteiger charge is -2.39. The van der Waals surface area contributed by atoms with Crippen molar-refractivity contribution in [3.05, 3.63) is 210 Å². The normalized spacial score (nSPS) is 13.1. The van der Waals surface area contributed by atoms with E-state index in [4.69, 9.17) is 9.72 Å². The zero-order valence-electron chi connectivity index (χ0n) is 27.3. The Labute approximate surface area is 292 Å². The summed E-state index contributed by atoms with van der Waals surface area (Å²) in [5.41, 5.74) is 15.6. The van der Waals surface area contributed by atoms with Gasteiger partial charge in [-0.1, -0.05) is 158 Å². The molecule has 0 N–H and O–H groups in total. The first kappa shape index (κ1) is 28.5. The van der Waals surface area contributed by atoms with E-state index in [0.717, 1.165) is 39.6 Å². The van der Waals surface area contributed by atoms with Gasteiger partial charge in [0.15, 0.2) is 0 Å². The van der Waals surface area contributed by atoms with E-state index in [9.17, 15) is 0 Å². The molecule has 0 bridgehead atoms. The van der Waals surface area contributed by atoms with Gasteiger partial charge >= 0.3 is 0 Å². The molecule has 0 unspecified atom stereocenters. The van der Waals surface area contributed by atoms with E-state index in [1.54, 1.807) is 0 Å². The topological polar surface area (TPSA) is 22.1 Å². The van der Waals surface area contributed by atoms with E-state index in [1.165, 1.54) is 50.1 Å². The van der Waals surface area contributed by atoms with Gasteiger partial charge in [-0.15, -0.1) is 0 Å². The van der Waals surface area contributed by atoms with Crippen molar-refractivity contribution in [2.75, 3.05) is 0 Å². The van der Waals surface area contributed by atoms with Crippen LogP contribution < -0.4 is 4.74 Å². The van der Waals surface area contributed by atoms with Crippen molar-refractivity contribution < 1.29 is 4.74 Å². The average Bonchev–Trinajstić information content (AvgIpc) is 3.49. The first-order chi connectivity index (χ1) is 24.8. The van der Waals surface area contributed by atoms with Crippen LogP contribution in [-0.4, -0.2) is 4.98 Å². The first-order valence-corrected chi connectivity index (χ1v) is 17.1. The molecule has 7 aromatic carbocycles. The van der Waals surface area contributed by atoms with Crippen LogP contribution in [0.5, 0.6) is 11.5 Å². The Hall–Kier alpha value is -6.51. The highest BCUT2D eigenvalue weighted by Gasteiger charge is 2.51. The molecule has 0 atom stereocenters. The summed E-state index contributed by atoms with van der Waals surface area (Å²) in [7, 11) is 0. The zero-order chi connectivity index (χ0) is 33.1. The molecule has 1 aliphatic carbocycles. The Morgan fingerprint density at radius 3 is 1.56 bits per heavy atom. The van der Waals surface area contributed by atoms with Crippen molar-refractivity contribution in [2.24, 2.45) is 0 Å². The Bertz CT molecular complexity index is 2520. The molecule has 1 spiro atoms. The fourth-order valence-electron chi connectivity index (χ4n) is 8.22. The van der Waals surface area contributed by atoms with E-state index >= 15 is 0 Å². The summed E-state index contributed by atoms with van der Waals surface area (Å²) >= 11 is 0. The quantitative estimate of drug-likeness (QED) is 0.192. The first-order valence-electron chi connectivity index (χ1n) is 17.1. The van der Waals surface area contributed by atoms with Crippen LogP contribution in [-0.2, 0) is 5.41 Å². The largest absolute Gasteiger partial charge is 0.457 e. The minimum atomic E-state index is -0.518. The van der Waals surface area contributed by atoms with Crippen LogP contribution in [0.1, 0.15) is 22.3 Å². The highest BCUT2D eigenvalue weighted by molar-refractivity contribution is 5.97. The van der Waals surface area contributed by atoms with Gasteiger partial charge in [-0.05, 0) is 74.8 Å². The van der Waals surface area contributed by atoms with Gasteiger partial charge in [-0.2, -0.15) is 0 Å². The van der Waals surface area contributed by atoms with E-state index < -0.39 is 5.41 Å². The number of benzene rings is 7. The zero-order valence-corrected chi connectivity index (χ0v) is 27.3. The number of nitrogens with zero attached hydrogens (tertiary/aromatic N) is 1. The molecular formula is C48H31NO. The number of ether oxygens (including phenoxy) is 1. The van der Waals surface area contributed by atoms with Crippen LogP contribution in [0.15, 0.2) is 188 Å². The molecule has 0 saturated heterocycles. The Morgan fingerprint density at radius 2 is 0.840 bits per heavy atom. The van der Waals surface area contributed by atoms with E-state index in [1.807, 2.05) is 0 Å². The van der Waals surface area contributed by atoms with Crippen molar-refractivity contribution in [3.8, 4) is 67.4 Å². The van der Waals surface area contributed by atoms with Crippen LogP contribution in [0.4, 0.5) is 0 Å². The van der Waals surface area contributed by atoms with Crippen molar-refractivity contribution in [2.45, 2.75) is 5.41 Å².